The quantitative estimate of drug-likeness (QED) is 0.669. The van der Waals surface area contributed by atoms with E-state index in [1.54, 1.807) is 30.6 Å². The standard InChI is InChI=1S/C21H22FN3O4S/c1-23-19-16(7-11-30-19)18(26)25(21(23)29)10-9-24-8-6-15(17(12-24)20(27)28)13-2-4-14(22)5-3-13/h2-5,7,11,15,17H,6,8-10,12H2,1H3,(H,27,28). The van der Waals surface area contributed by atoms with Crippen molar-refractivity contribution in [2.45, 2.75) is 18.9 Å². The third-order valence-corrected chi connectivity index (χ3v) is 6.88. The molecule has 1 aliphatic heterocycles. The molecular formula is C21H22FN3O4S. The maximum Gasteiger partial charge on any atom is 0.331 e. The summed E-state index contributed by atoms with van der Waals surface area (Å²) in [6.07, 6.45) is 0.610. The molecule has 3 heterocycles. The first kappa shape index (κ1) is 20.5. The number of nitrogens with zero attached hydrogens (tertiary/aromatic N) is 3. The largest absolute Gasteiger partial charge is 0.481 e. The molecule has 0 aliphatic carbocycles. The number of likely N-dealkylation sites (tertiary alicyclic amines) is 1. The summed E-state index contributed by atoms with van der Waals surface area (Å²) in [7, 11) is 1.64. The number of aliphatic carboxylic acids is 1. The molecule has 158 valence electrons. The molecule has 1 saturated heterocycles. The lowest BCUT2D eigenvalue weighted by Gasteiger charge is -2.36. The Balaban J connectivity index is 1.51. The van der Waals surface area contributed by atoms with Gasteiger partial charge in [0.2, 0.25) is 0 Å². The van der Waals surface area contributed by atoms with E-state index in [9.17, 15) is 23.9 Å². The predicted molar refractivity (Wildman–Crippen MR) is 113 cm³/mol. The number of thiophene rings is 1. The van der Waals surface area contributed by atoms with Gasteiger partial charge < -0.3 is 10.0 Å². The van der Waals surface area contributed by atoms with E-state index in [0.29, 0.717) is 36.3 Å². The van der Waals surface area contributed by atoms with E-state index in [4.69, 9.17) is 0 Å². The minimum Gasteiger partial charge on any atom is -0.481 e. The van der Waals surface area contributed by atoms with Crippen LogP contribution in [0.3, 0.4) is 0 Å². The number of hydrogen-bond donors (Lipinski definition) is 1. The number of rotatable bonds is 5. The molecule has 0 spiro atoms. The van der Waals surface area contributed by atoms with Gasteiger partial charge in [0, 0.05) is 26.7 Å². The van der Waals surface area contributed by atoms with Gasteiger partial charge in [-0.2, -0.15) is 0 Å². The summed E-state index contributed by atoms with van der Waals surface area (Å²) in [5.41, 5.74) is 0.132. The van der Waals surface area contributed by atoms with Crippen molar-refractivity contribution in [1.29, 1.82) is 0 Å². The fourth-order valence-electron chi connectivity index (χ4n) is 4.24. The zero-order valence-electron chi connectivity index (χ0n) is 16.5. The highest BCUT2D eigenvalue weighted by Crippen LogP contribution is 2.33. The number of fused-ring (bicyclic) bond motifs is 1. The number of halogens is 1. The van der Waals surface area contributed by atoms with Crippen molar-refractivity contribution < 1.29 is 14.3 Å². The maximum absolute atomic E-state index is 13.2. The van der Waals surface area contributed by atoms with E-state index in [-0.39, 0.29) is 29.5 Å². The molecule has 3 aromatic rings. The van der Waals surface area contributed by atoms with Crippen LogP contribution in [0.15, 0.2) is 45.3 Å². The Bertz CT molecular complexity index is 1200. The Morgan fingerprint density at radius 3 is 2.63 bits per heavy atom. The van der Waals surface area contributed by atoms with Crippen molar-refractivity contribution in [3.8, 4) is 0 Å². The van der Waals surface area contributed by atoms with E-state index in [1.807, 2.05) is 4.90 Å². The summed E-state index contributed by atoms with van der Waals surface area (Å²) in [4.78, 5) is 39.8. The van der Waals surface area contributed by atoms with Gasteiger partial charge in [-0.25, -0.2) is 9.18 Å². The summed E-state index contributed by atoms with van der Waals surface area (Å²) >= 11 is 1.35. The van der Waals surface area contributed by atoms with Crippen LogP contribution in [0.25, 0.3) is 10.2 Å². The minimum atomic E-state index is -0.901. The summed E-state index contributed by atoms with van der Waals surface area (Å²) in [6, 6.07) is 7.70. The molecule has 1 aromatic carbocycles. The van der Waals surface area contributed by atoms with E-state index < -0.39 is 11.9 Å². The second-order valence-corrected chi connectivity index (χ2v) is 8.52. The first-order chi connectivity index (χ1) is 14.4. The first-order valence-electron chi connectivity index (χ1n) is 9.74. The van der Waals surface area contributed by atoms with Crippen LogP contribution in [0, 0.1) is 11.7 Å². The van der Waals surface area contributed by atoms with Gasteiger partial charge in [-0.3, -0.25) is 18.7 Å². The SMILES string of the molecule is Cn1c(=O)n(CCN2CCC(c3ccc(F)cc3)C(C(=O)O)C2)c(=O)c2ccsc21. The molecule has 1 aliphatic rings. The van der Waals surface area contributed by atoms with E-state index in [1.165, 1.54) is 32.6 Å². The zero-order valence-corrected chi connectivity index (χ0v) is 17.3. The van der Waals surface area contributed by atoms with Gasteiger partial charge in [-0.05, 0) is 48.0 Å². The van der Waals surface area contributed by atoms with Gasteiger partial charge >= 0.3 is 11.7 Å². The van der Waals surface area contributed by atoms with Crippen LogP contribution >= 0.6 is 11.3 Å². The molecule has 1 N–H and O–H groups in total. The second kappa shape index (κ2) is 8.16. The van der Waals surface area contributed by atoms with Crippen LogP contribution in [0.1, 0.15) is 17.9 Å². The Hall–Kier alpha value is -2.78. The molecule has 1 fully saturated rings. The van der Waals surface area contributed by atoms with Gasteiger partial charge in [0.15, 0.2) is 0 Å². The smallest absolute Gasteiger partial charge is 0.331 e. The minimum absolute atomic E-state index is 0.197. The lowest BCUT2D eigenvalue weighted by Crippen LogP contribution is -2.46. The molecule has 2 aromatic heterocycles. The summed E-state index contributed by atoms with van der Waals surface area (Å²) in [6.45, 7) is 1.56. The van der Waals surface area contributed by atoms with E-state index >= 15 is 0 Å². The maximum atomic E-state index is 13.2. The van der Waals surface area contributed by atoms with Gasteiger partial charge in [-0.1, -0.05) is 12.1 Å². The molecule has 2 unspecified atom stereocenters. The fourth-order valence-corrected chi connectivity index (χ4v) is 5.10. The Morgan fingerprint density at radius 2 is 1.93 bits per heavy atom. The van der Waals surface area contributed by atoms with Crippen LogP contribution < -0.4 is 11.2 Å². The molecule has 0 bridgehead atoms. The highest BCUT2D eigenvalue weighted by atomic mass is 32.1. The lowest BCUT2D eigenvalue weighted by atomic mass is 9.80. The normalized spacial score (nSPS) is 19.9. The number of aryl methyl sites for hydroxylation is 1. The molecule has 4 rings (SSSR count). The Kier molecular flexibility index (Phi) is 5.57. The number of carboxylic acid groups (broad SMARTS) is 1. The lowest BCUT2D eigenvalue weighted by molar-refractivity contribution is -0.144. The average Bonchev–Trinajstić information content (AvgIpc) is 3.23. The molecule has 2 atom stereocenters. The molecule has 0 amide bonds. The highest BCUT2D eigenvalue weighted by molar-refractivity contribution is 7.16. The van der Waals surface area contributed by atoms with E-state index in [2.05, 4.69) is 0 Å². The highest BCUT2D eigenvalue weighted by Gasteiger charge is 2.35. The number of carbonyl (C=O) groups is 1. The van der Waals surface area contributed by atoms with Crippen LogP contribution in [0.4, 0.5) is 4.39 Å². The molecule has 0 saturated carbocycles. The van der Waals surface area contributed by atoms with Crippen molar-refractivity contribution in [1.82, 2.24) is 14.0 Å². The Morgan fingerprint density at radius 1 is 1.20 bits per heavy atom. The number of carboxylic acids is 1. The number of hydrogen-bond acceptors (Lipinski definition) is 5. The topological polar surface area (TPSA) is 84.5 Å². The summed E-state index contributed by atoms with van der Waals surface area (Å²) < 4.78 is 15.9. The van der Waals surface area contributed by atoms with Crippen molar-refractivity contribution in [3.05, 3.63) is 67.9 Å². The van der Waals surface area contributed by atoms with E-state index in [0.717, 1.165) is 5.56 Å². The number of benzene rings is 1. The molecule has 0 radical (unpaired) electrons. The van der Waals surface area contributed by atoms with Crippen molar-refractivity contribution in [2.75, 3.05) is 19.6 Å². The van der Waals surface area contributed by atoms with Crippen LogP contribution in [0.5, 0.6) is 0 Å². The van der Waals surface area contributed by atoms with Crippen molar-refractivity contribution in [2.24, 2.45) is 13.0 Å². The first-order valence-corrected chi connectivity index (χ1v) is 10.6. The molecule has 9 heteroatoms. The van der Waals surface area contributed by atoms with Gasteiger partial charge in [0.05, 0.1) is 11.3 Å². The van der Waals surface area contributed by atoms with Crippen LogP contribution in [0.2, 0.25) is 0 Å². The third kappa shape index (κ3) is 3.70. The fraction of sp³-hybridized carbons (Fsp3) is 0.381. The average molecular weight is 431 g/mol. The third-order valence-electron chi connectivity index (χ3n) is 5.89. The zero-order chi connectivity index (χ0) is 21.4. The van der Waals surface area contributed by atoms with Gasteiger partial charge in [0.25, 0.3) is 5.56 Å². The van der Waals surface area contributed by atoms with Crippen molar-refractivity contribution >= 4 is 27.5 Å². The predicted octanol–water partition coefficient (Wildman–Crippen LogP) is 2.09. The summed E-state index contributed by atoms with van der Waals surface area (Å²) in [5, 5.41) is 12.0. The number of aromatic nitrogens is 2. The second-order valence-electron chi connectivity index (χ2n) is 7.63. The van der Waals surface area contributed by atoms with Gasteiger partial charge in [0.1, 0.15) is 10.6 Å². The van der Waals surface area contributed by atoms with Gasteiger partial charge in [-0.15, -0.1) is 11.3 Å². The molecule has 7 nitrogen and oxygen atoms in total. The van der Waals surface area contributed by atoms with Crippen LogP contribution in [-0.2, 0) is 18.4 Å². The number of piperidine rings is 1. The summed E-state index contributed by atoms with van der Waals surface area (Å²) in [5.74, 6) is -2.08. The monoisotopic (exact) mass is 431 g/mol. The van der Waals surface area contributed by atoms with Crippen LogP contribution in [-0.4, -0.2) is 44.7 Å². The molecule has 30 heavy (non-hydrogen) atoms. The van der Waals surface area contributed by atoms with Crippen molar-refractivity contribution in [3.63, 3.8) is 0 Å². The Labute approximate surface area is 175 Å². The molecular weight excluding hydrogens is 409 g/mol.